The zero-order valence-corrected chi connectivity index (χ0v) is 22.9. The summed E-state index contributed by atoms with van der Waals surface area (Å²) in [5.74, 6) is 0. The predicted molar refractivity (Wildman–Crippen MR) is 120 cm³/mol. The van der Waals surface area contributed by atoms with Crippen LogP contribution in [-0.4, -0.2) is 20.4 Å². The number of rotatable bonds is 5. The van der Waals surface area contributed by atoms with Crippen molar-refractivity contribution in [3.63, 3.8) is 0 Å². The van der Waals surface area contributed by atoms with E-state index < -0.39 is 17.9 Å². The van der Waals surface area contributed by atoms with Crippen LogP contribution in [-0.2, 0) is 17.9 Å². The van der Waals surface area contributed by atoms with E-state index in [0.29, 0.717) is 19.7 Å². The maximum absolute atomic E-state index is 2.69. The Bertz CT molecular complexity index is 414. The van der Waals surface area contributed by atoms with Crippen molar-refractivity contribution in [3.8, 4) is 0 Å². The first-order valence-electron chi connectivity index (χ1n) is 10.4. The molecule has 1 aliphatic carbocycles. The summed E-state index contributed by atoms with van der Waals surface area (Å²) in [6.45, 7) is 25.1. The molecule has 0 nitrogen and oxygen atoms in total. The molecule has 0 radical (unpaired) electrons. The van der Waals surface area contributed by atoms with Crippen molar-refractivity contribution in [1.82, 2.24) is 0 Å². The van der Waals surface area contributed by atoms with E-state index in [4.69, 9.17) is 0 Å². The van der Waals surface area contributed by atoms with Crippen molar-refractivity contribution in [2.45, 2.75) is 119 Å². The molecule has 0 aromatic rings. The van der Waals surface area contributed by atoms with Gasteiger partial charge in [-0.1, -0.05) is 0 Å². The third-order valence-electron chi connectivity index (χ3n) is 6.76. The summed E-state index contributed by atoms with van der Waals surface area (Å²) in [5, 5.41) is 5.37. The molecule has 0 heterocycles. The molecule has 1 fully saturated rings. The van der Waals surface area contributed by atoms with Crippen LogP contribution in [0.1, 0.15) is 88.5 Å². The summed E-state index contributed by atoms with van der Waals surface area (Å²) in [4.78, 5) is 0. The number of hydrogen-bond acceptors (Lipinski definition) is 0. The Morgan fingerprint density at radius 2 is 1.32 bits per heavy atom. The molecule has 0 aromatic carbocycles. The molecule has 3 heteroatoms. The first-order chi connectivity index (χ1) is 11.1. The Labute approximate surface area is 170 Å². The average molecular weight is 421 g/mol. The molecule has 0 aliphatic heterocycles. The van der Waals surface area contributed by atoms with Gasteiger partial charge in [0.25, 0.3) is 0 Å². The van der Waals surface area contributed by atoms with Crippen LogP contribution >= 0.6 is 17.2 Å². The maximum atomic E-state index is 2.69. The molecule has 0 saturated heterocycles. The van der Waals surface area contributed by atoms with E-state index in [1.807, 2.05) is 0 Å². The Morgan fingerprint density at radius 3 is 1.64 bits per heavy atom. The second-order valence-corrected chi connectivity index (χ2v) is 21.7. The molecule has 0 spiro atoms. The van der Waals surface area contributed by atoms with Gasteiger partial charge in [0.2, 0.25) is 0 Å². The molecule has 0 amide bonds. The van der Waals surface area contributed by atoms with Crippen LogP contribution in [0, 0.1) is 16.2 Å². The van der Waals surface area contributed by atoms with E-state index in [0.717, 1.165) is 25.6 Å². The number of hydrogen-bond donors (Lipinski definition) is 0. The fraction of sp³-hybridized carbons (Fsp3) is 1.00. The molecule has 4 unspecified atom stereocenters. The Morgan fingerprint density at radius 1 is 0.840 bits per heavy atom. The van der Waals surface area contributed by atoms with E-state index in [-0.39, 0.29) is 0 Å². The molecule has 0 N–H and O–H groups in total. The zero-order valence-electron chi connectivity index (χ0n) is 19.4. The summed E-state index contributed by atoms with van der Waals surface area (Å²) in [5.41, 5.74) is 3.91. The molecule has 1 saturated carbocycles. The fourth-order valence-corrected chi connectivity index (χ4v) is 14.9. The van der Waals surface area contributed by atoms with Crippen molar-refractivity contribution < 1.29 is 17.9 Å². The summed E-state index contributed by atoms with van der Waals surface area (Å²) >= 11 is -1.04. The van der Waals surface area contributed by atoms with Gasteiger partial charge < -0.3 is 0 Å². The fourth-order valence-electron chi connectivity index (χ4n) is 5.62. The summed E-state index contributed by atoms with van der Waals surface area (Å²) in [7, 11) is 2.32. The molecule has 4 atom stereocenters. The van der Waals surface area contributed by atoms with Crippen molar-refractivity contribution in [1.29, 1.82) is 0 Å². The van der Waals surface area contributed by atoms with Crippen molar-refractivity contribution in [2.24, 2.45) is 16.2 Å². The average Bonchev–Trinajstić information content (AvgIpc) is 2.33. The van der Waals surface area contributed by atoms with Crippen LogP contribution in [0.3, 0.4) is 0 Å². The Kier molecular flexibility index (Phi) is 8.39. The molecule has 1 aliphatic rings. The Hall–Kier alpha value is 1.57. The van der Waals surface area contributed by atoms with E-state index in [2.05, 4.69) is 79.7 Å². The first kappa shape index (κ1) is 24.6. The molecule has 1 rings (SSSR count). The molecule has 25 heavy (non-hydrogen) atoms. The Balaban J connectivity index is 3.51. The van der Waals surface area contributed by atoms with Gasteiger partial charge in [0.1, 0.15) is 0 Å². The van der Waals surface area contributed by atoms with Gasteiger partial charge in [-0.25, -0.2) is 0 Å². The molecular formula is C22H47P2Ti. The van der Waals surface area contributed by atoms with E-state index in [1.54, 1.807) is 6.42 Å². The van der Waals surface area contributed by atoms with Crippen LogP contribution in [0.2, 0.25) is 10.5 Å². The van der Waals surface area contributed by atoms with Gasteiger partial charge in [-0.2, -0.15) is 0 Å². The van der Waals surface area contributed by atoms with E-state index in [9.17, 15) is 0 Å². The second kappa shape index (κ2) is 8.52. The summed E-state index contributed by atoms with van der Waals surface area (Å²) in [6, 6.07) is 0. The van der Waals surface area contributed by atoms with Gasteiger partial charge >= 0.3 is 171 Å². The summed E-state index contributed by atoms with van der Waals surface area (Å²) < 4.78 is 0.708. The monoisotopic (exact) mass is 421 g/mol. The summed E-state index contributed by atoms with van der Waals surface area (Å²) in [6.07, 6.45) is 4.52. The van der Waals surface area contributed by atoms with E-state index in [1.165, 1.54) is 21.4 Å². The second-order valence-electron chi connectivity index (χ2n) is 11.6. The standard InChI is InChI=1S/C20H41P2.2CH3.Ti/c1-14(2)21-16-11-17(22-15(3)4)13-20(12-16,18(5,6)7)19(8,9)10;;;/h14-16,21-22H,11-13H2,1-10H3;2*1H3;. The third kappa shape index (κ3) is 5.56. The van der Waals surface area contributed by atoms with Crippen LogP contribution < -0.4 is 0 Å². The van der Waals surface area contributed by atoms with E-state index >= 15 is 0 Å². The molecule has 149 valence electrons. The van der Waals surface area contributed by atoms with Gasteiger partial charge in [-0.15, -0.1) is 0 Å². The third-order valence-corrected chi connectivity index (χ3v) is 16.1. The van der Waals surface area contributed by atoms with Gasteiger partial charge in [0, 0.05) is 0 Å². The van der Waals surface area contributed by atoms with Gasteiger partial charge in [-0.3, -0.25) is 0 Å². The van der Waals surface area contributed by atoms with Gasteiger partial charge in [0.15, 0.2) is 0 Å². The molecular weight excluding hydrogens is 374 g/mol. The van der Waals surface area contributed by atoms with Crippen LogP contribution in [0.25, 0.3) is 0 Å². The topological polar surface area (TPSA) is 0 Å². The molecule has 0 bridgehead atoms. The van der Waals surface area contributed by atoms with Crippen LogP contribution in [0.5, 0.6) is 0 Å². The minimum atomic E-state index is -1.04. The van der Waals surface area contributed by atoms with Gasteiger partial charge in [-0.05, 0) is 0 Å². The van der Waals surface area contributed by atoms with Crippen molar-refractivity contribution >= 4 is 17.2 Å². The molecule has 0 aromatic heterocycles. The van der Waals surface area contributed by atoms with Crippen molar-refractivity contribution in [2.75, 3.05) is 0 Å². The zero-order chi connectivity index (χ0) is 19.8. The SMILES string of the molecule is CC(C)PC1C[C](PC(C)C)([Ti]([CH3])[CH3])CC(C(C)(C)C)(C(C)(C)C)C1. The van der Waals surface area contributed by atoms with Crippen molar-refractivity contribution in [3.05, 3.63) is 0 Å². The van der Waals surface area contributed by atoms with Crippen LogP contribution in [0.4, 0.5) is 0 Å². The first-order valence-corrected chi connectivity index (χ1v) is 16.5. The normalized spacial score (nSPS) is 28.8. The predicted octanol–water partition coefficient (Wildman–Crippen LogP) is 8.20. The van der Waals surface area contributed by atoms with Gasteiger partial charge in [0.05, 0.1) is 0 Å². The minimum absolute atomic E-state index is 0.381. The quantitative estimate of drug-likeness (QED) is 0.310. The van der Waals surface area contributed by atoms with Crippen LogP contribution in [0.15, 0.2) is 0 Å².